The van der Waals surface area contributed by atoms with Gasteiger partial charge in [0, 0.05) is 35.8 Å². The summed E-state index contributed by atoms with van der Waals surface area (Å²) in [7, 11) is 0. The van der Waals surface area contributed by atoms with Gasteiger partial charge in [0.15, 0.2) is 0 Å². The van der Waals surface area contributed by atoms with Gasteiger partial charge in [-0.1, -0.05) is 31.5 Å². The maximum Gasteiger partial charge on any atom is 0.256 e. The van der Waals surface area contributed by atoms with Gasteiger partial charge >= 0.3 is 0 Å². The number of rotatable bonds is 6. The highest BCUT2D eigenvalue weighted by atomic mass is 16.1. The number of nitrogens with one attached hydrogen (secondary N) is 2. The van der Waals surface area contributed by atoms with E-state index < -0.39 is 0 Å². The Morgan fingerprint density at radius 2 is 2.03 bits per heavy atom. The first-order valence-corrected chi connectivity index (χ1v) is 11.7. The van der Waals surface area contributed by atoms with Crippen LogP contribution < -0.4 is 16.4 Å². The van der Waals surface area contributed by atoms with Crippen molar-refractivity contribution in [3.05, 3.63) is 72.4 Å². The summed E-state index contributed by atoms with van der Waals surface area (Å²) in [5.74, 6) is 1.70. The van der Waals surface area contributed by atoms with Gasteiger partial charge in [0.1, 0.15) is 28.7 Å². The standard InChI is InChI=1S/C26H29N7O/c1-3-12-26(13-11-17(2)32-26)25-31-21(22-23(27)29-15-16-33(22)25)18-7-9-19(10-8-18)24(34)30-20-6-4-5-14-28-20/h4-10,14-17,32H,3,11-13H2,1-2H3,(H2,27,29)(H,28,30,34). The van der Waals surface area contributed by atoms with E-state index in [1.165, 1.54) is 0 Å². The fourth-order valence-corrected chi connectivity index (χ4v) is 5.00. The quantitative estimate of drug-likeness (QED) is 0.398. The molecule has 34 heavy (non-hydrogen) atoms. The number of carbonyl (C=O) groups excluding carboxylic acids is 1. The molecule has 1 aromatic carbocycles. The monoisotopic (exact) mass is 455 g/mol. The number of hydrogen-bond donors (Lipinski definition) is 3. The molecule has 2 atom stereocenters. The Bertz CT molecular complexity index is 1310. The van der Waals surface area contributed by atoms with Crippen LogP contribution in [0.15, 0.2) is 61.1 Å². The number of aromatic nitrogens is 4. The Hall–Kier alpha value is -3.78. The lowest BCUT2D eigenvalue weighted by molar-refractivity contribution is 0.102. The Morgan fingerprint density at radius 1 is 1.21 bits per heavy atom. The number of hydrogen-bond acceptors (Lipinski definition) is 6. The van der Waals surface area contributed by atoms with Gasteiger partial charge in [-0.3, -0.25) is 9.20 Å². The number of nitrogens with two attached hydrogens (primary N) is 1. The van der Waals surface area contributed by atoms with E-state index in [-0.39, 0.29) is 11.4 Å². The van der Waals surface area contributed by atoms with Gasteiger partial charge in [-0.2, -0.15) is 0 Å². The third kappa shape index (κ3) is 3.90. The molecule has 2 unspecified atom stereocenters. The molecule has 0 spiro atoms. The summed E-state index contributed by atoms with van der Waals surface area (Å²) in [4.78, 5) is 26.3. The third-order valence-corrected chi connectivity index (χ3v) is 6.54. The molecule has 3 aromatic heterocycles. The van der Waals surface area contributed by atoms with Crippen LogP contribution in [0.4, 0.5) is 11.6 Å². The minimum atomic E-state index is -0.215. The lowest BCUT2D eigenvalue weighted by atomic mass is 9.91. The van der Waals surface area contributed by atoms with E-state index in [1.807, 2.05) is 24.4 Å². The number of nitrogens with zero attached hydrogens (tertiary/aromatic N) is 4. The van der Waals surface area contributed by atoms with Crippen LogP contribution in [0, 0.1) is 0 Å². The first-order valence-electron chi connectivity index (χ1n) is 11.7. The maximum absolute atomic E-state index is 12.6. The molecule has 0 radical (unpaired) electrons. The van der Waals surface area contributed by atoms with Crippen LogP contribution in [0.2, 0.25) is 0 Å². The van der Waals surface area contributed by atoms with Crippen LogP contribution in [0.5, 0.6) is 0 Å². The molecule has 0 aliphatic carbocycles. The lowest BCUT2D eigenvalue weighted by Gasteiger charge is -2.29. The topological polar surface area (TPSA) is 110 Å². The van der Waals surface area contributed by atoms with Crippen molar-refractivity contribution < 1.29 is 4.79 Å². The van der Waals surface area contributed by atoms with Crippen LogP contribution in [0.3, 0.4) is 0 Å². The summed E-state index contributed by atoms with van der Waals surface area (Å²) in [5, 5.41) is 6.62. The lowest BCUT2D eigenvalue weighted by Crippen LogP contribution is -2.41. The van der Waals surface area contributed by atoms with Gasteiger partial charge in [-0.05, 0) is 50.5 Å². The van der Waals surface area contributed by atoms with Crippen LogP contribution in [-0.4, -0.2) is 31.3 Å². The van der Waals surface area contributed by atoms with Crippen molar-refractivity contribution in [2.24, 2.45) is 0 Å². The first-order chi connectivity index (χ1) is 16.5. The Labute approximate surface area is 198 Å². The molecule has 4 heterocycles. The van der Waals surface area contributed by atoms with E-state index in [0.717, 1.165) is 48.3 Å². The fraction of sp³-hybridized carbons (Fsp3) is 0.308. The summed E-state index contributed by atoms with van der Waals surface area (Å²) in [6.07, 6.45) is 9.47. The van der Waals surface area contributed by atoms with E-state index >= 15 is 0 Å². The van der Waals surface area contributed by atoms with Crippen LogP contribution in [0.1, 0.15) is 55.7 Å². The first kappa shape index (κ1) is 22.0. The molecule has 8 heteroatoms. The predicted octanol–water partition coefficient (Wildman–Crippen LogP) is 4.39. The largest absolute Gasteiger partial charge is 0.382 e. The highest BCUT2D eigenvalue weighted by molar-refractivity contribution is 6.04. The zero-order valence-corrected chi connectivity index (χ0v) is 19.5. The van der Waals surface area contributed by atoms with Crippen LogP contribution >= 0.6 is 0 Å². The molecule has 1 aliphatic heterocycles. The number of pyridine rings is 1. The minimum Gasteiger partial charge on any atom is -0.382 e. The molecular weight excluding hydrogens is 426 g/mol. The number of carbonyl (C=O) groups is 1. The normalized spacial score (nSPS) is 20.0. The van der Waals surface area contributed by atoms with Crippen molar-refractivity contribution >= 4 is 23.1 Å². The molecule has 4 N–H and O–H groups in total. The number of nitrogen functional groups attached to an aromatic ring is 1. The maximum atomic E-state index is 12.6. The second-order valence-electron chi connectivity index (χ2n) is 8.98. The molecule has 1 aliphatic rings. The predicted molar refractivity (Wildman–Crippen MR) is 133 cm³/mol. The van der Waals surface area contributed by atoms with E-state index in [4.69, 9.17) is 10.7 Å². The van der Waals surface area contributed by atoms with E-state index in [2.05, 4.69) is 38.8 Å². The van der Waals surface area contributed by atoms with Crippen molar-refractivity contribution in [2.75, 3.05) is 11.1 Å². The molecule has 1 fully saturated rings. The summed E-state index contributed by atoms with van der Waals surface area (Å²) >= 11 is 0. The van der Waals surface area contributed by atoms with Crippen molar-refractivity contribution in [2.45, 2.75) is 51.1 Å². The average molecular weight is 456 g/mol. The molecule has 0 saturated carbocycles. The molecule has 8 nitrogen and oxygen atoms in total. The highest BCUT2D eigenvalue weighted by Gasteiger charge is 2.41. The fourth-order valence-electron chi connectivity index (χ4n) is 5.00. The smallest absolute Gasteiger partial charge is 0.256 e. The van der Waals surface area contributed by atoms with Crippen LogP contribution in [-0.2, 0) is 5.54 Å². The van der Waals surface area contributed by atoms with Crippen molar-refractivity contribution in [3.8, 4) is 11.3 Å². The van der Waals surface area contributed by atoms with Gasteiger partial charge < -0.3 is 16.4 Å². The molecule has 174 valence electrons. The van der Waals surface area contributed by atoms with Crippen molar-refractivity contribution in [1.29, 1.82) is 0 Å². The second kappa shape index (κ2) is 8.87. The number of amides is 1. The summed E-state index contributed by atoms with van der Waals surface area (Å²) in [5.41, 5.74) is 9.14. The molecule has 0 bridgehead atoms. The highest BCUT2D eigenvalue weighted by Crippen LogP contribution is 2.40. The number of imidazole rings is 1. The summed E-state index contributed by atoms with van der Waals surface area (Å²) in [6, 6.07) is 13.2. The zero-order chi connectivity index (χ0) is 23.7. The number of fused-ring (bicyclic) bond motifs is 1. The Kier molecular flexibility index (Phi) is 5.75. The van der Waals surface area contributed by atoms with Gasteiger partial charge in [0.2, 0.25) is 0 Å². The Morgan fingerprint density at radius 3 is 2.71 bits per heavy atom. The molecule has 4 aromatic rings. The minimum absolute atomic E-state index is 0.203. The molecular formula is C26H29N7O. The third-order valence-electron chi connectivity index (χ3n) is 6.54. The Balaban J connectivity index is 1.54. The van der Waals surface area contributed by atoms with E-state index in [9.17, 15) is 4.79 Å². The summed E-state index contributed by atoms with van der Waals surface area (Å²) < 4.78 is 2.08. The molecule has 1 saturated heterocycles. The van der Waals surface area contributed by atoms with Gasteiger partial charge in [-0.15, -0.1) is 0 Å². The van der Waals surface area contributed by atoms with Gasteiger partial charge in [0.05, 0.1) is 5.54 Å². The van der Waals surface area contributed by atoms with E-state index in [1.54, 1.807) is 36.7 Å². The second-order valence-corrected chi connectivity index (χ2v) is 8.98. The molecule has 1 amide bonds. The SMILES string of the molecule is CCCC1(c2nc(-c3ccc(C(=O)Nc4ccccn4)cc3)c3c(N)nccn23)CCC(C)N1. The number of anilines is 2. The molecule has 5 rings (SSSR count). The van der Waals surface area contributed by atoms with Crippen molar-refractivity contribution in [3.63, 3.8) is 0 Å². The van der Waals surface area contributed by atoms with Gasteiger partial charge in [0.25, 0.3) is 5.91 Å². The van der Waals surface area contributed by atoms with Gasteiger partial charge in [-0.25, -0.2) is 15.0 Å². The average Bonchev–Trinajstić information content (AvgIpc) is 3.42. The summed E-state index contributed by atoms with van der Waals surface area (Å²) in [6.45, 7) is 4.42. The van der Waals surface area contributed by atoms with Crippen molar-refractivity contribution in [1.82, 2.24) is 24.7 Å². The zero-order valence-electron chi connectivity index (χ0n) is 19.5. The van der Waals surface area contributed by atoms with E-state index in [0.29, 0.717) is 23.2 Å². The van der Waals surface area contributed by atoms with Crippen LogP contribution in [0.25, 0.3) is 16.8 Å². The number of benzene rings is 1.